The number of nitrogens with one attached hydrogen (secondary N) is 2. The van der Waals surface area contributed by atoms with Crippen molar-refractivity contribution in [2.45, 2.75) is 13.8 Å². The Kier molecular flexibility index (Phi) is 5.02. The van der Waals surface area contributed by atoms with Crippen LogP contribution >= 0.6 is 0 Å². The lowest BCUT2D eigenvalue weighted by Crippen LogP contribution is -2.17. The monoisotopic (exact) mass is 399 g/mol. The normalized spacial score (nSPS) is 10.8. The van der Waals surface area contributed by atoms with Gasteiger partial charge in [-0.25, -0.2) is 9.50 Å². The van der Waals surface area contributed by atoms with Gasteiger partial charge < -0.3 is 10.6 Å². The van der Waals surface area contributed by atoms with Gasteiger partial charge in [0.05, 0.1) is 0 Å². The number of ketones is 1. The number of carbonyl (C=O) groups excluding carboxylic acids is 2. The van der Waals surface area contributed by atoms with Crippen LogP contribution in [0.5, 0.6) is 0 Å². The maximum Gasteiger partial charge on any atom is 0.251 e. The predicted octanol–water partition coefficient (Wildman–Crippen LogP) is 3.68. The molecule has 1 amide bonds. The molecule has 4 rings (SSSR count). The number of fused-ring (bicyclic) bond motifs is 1. The van der Waals surface area contributed by atoms with Crippen LogP contribution in [0.15, 0.2) is 61.1 Å². The van der Waals surface area contributed by atoms with Gasteiger partial charge in [-0.2, -0.15) is 5.10 Å². The molecule has 4 aromatic rings. The van der Waals surface area contributed by atoms with Gasteiger partial charge in [0.15, 0.2) is 11.6 Å². The number of benzene rings is 2. The first kappa shape index (κ1) is 19.3. The minimum Gasteiger partial charge on any atom is -0.355 e. The van der Waals surface area contributed by atoms with Crippen LogP contribution in [0.4, 0.5) is 11.5 Å². The van der Waals surface area contributed by atoms with Crippen molar-refractivity contribution in [3.8, 4) is 0 Å². The lowest BCUT2D eigenvalue weighted by molar-refractivity contribution is 0.0962. The molecule has 0 unspecified atom stereocenters. The maximum atomic E-state index is 13.0. The Labute approximate surface area is 173 Å². The van der Waals surface area contributed by atoms with Crippen molar-refractivity contribution in [3.05, 3.63) is 88.9 Å². The molecule has 30 heavy (non-hydrogen) atoms. The molecule has 150 valence electrons. The van der Waals surface area contributed by atoms with E-state index in [4.69, 9.17) is 0 Å². The lowest BCUT2D eigenvalue weighted by atomic mass is 10.0. The molecule has 0 radical (unpaired) electrons. The van der Waals surface area contributed by atoms with Crippen molar-refractivity contribution in [1.82, 2.24) is 19.9 Å². The Bertz CT molecular complexity index is 1260. The molecule has 0 atom stereocenters. The summed E-state index contributed by atoms with van der Waals surface area (Å²) < 4.78 is 1.65. The second-order valence-corrected chi connectivity index (χ2v) is 7.00. The van der Waals surface area contributed by atoms with Crippen LogP contribution < -0.4 is 10.6 Å². The van der Waals surface area contributed by atoms with Gasteiger partial charge in [0, 0.05) is 35.6 Å². The van der Waals surface area contributed by atoms with E-state index in [-0.39, 0.29) is 11.7 Å². The SMILES string of the molecule is CNC(=O)c1ccc(C)c(Nc2ncnn3cc(C(=O)c4ccccc4)c(C)c23)c1. The number of hydrogen-bond acceptors (Lipinski definition) is 5. The molecule has 0 aliphatic rings. The summed E-state index contributed by atoms with van der Waals surface area (Å²) in [5, 5.41) is 10.2. The van der Waals surface area contributed by atoms with Gasteiger partial charge in [0.2, 0.25) is 0 Å². The number of amides is 1. The second-order valence-electron chi connectivity index (χ2n) is 7.00. The van der Waals surface area contributed by atoms with Gasteiger partial charge in [-0.15, -0.1) is 0 Å². The summed E-state index contributed by atoms with van der Waals surface area (Å²) in [5.74, 6) is 0.328. The molecule has 7 nitrogen and oxygen atoms in total. The summed E-state index contributed by atoms with van der Waals surface area (Å²) in [6.45, 7) is 3.83. The van der Waals surface area contributed by atoms with E-state index in [9.17, 15) is 9.59 Å². The van der Waals surface area contributed by atoms with Crippen molar-refractivity contribution in [3.63, 3.8) is 0 Å². The Balaban J connectivity index is 1.78. The molecule has 0 fully saturated rings. The molecule has 7 heteroatoms. The van der Waals surface area contributed by atoms with Crippen LogP contribution in [0.2, 0.25) is 0 Å². The van der Waals surface area contributed by atoms with E-state index in [1.165, 1.54) is 6.33 Å². The van der Waals surface area contributed by atoms with Gasteiger partial charge in [0.1, 0.15) is 11.8 Å². The van der Waals surface area contributed by atoms with Crippen LogP contribution in [0.3, 0.4) is 0 Å². The highest BCUT2D eigenvalue weighted by Gasteiger charge is 2.19. The molecule has 2 N–H and O–H groups in total. The van der Waals surface area contributed by atoms with E-state index in [2.05, 4.69) is 20.7 Å². The van der Waals surface area contributed by atoms with Gasteiger partial charge in [-0.05, 0) is 37.1 Å². The summed E-state index contributed by atoms with van der Waals surface area (Å²) in [5.41, 5.74) is 4.95. The van der Waals surface area contributed by atoms with Crippen molar-refractivity contribution in [1.29, 1.82) is 0 Å². The van der Waals surface area contributed by atoms with E-state index in [1.807, 2.05) is 38.1 Å². The Hall–Kier alpha value is -4.00. The zero-order valence-electron chi connectivity index (χ0n) is 16.9. The quantitative estimate of drug-likeness (QED) is 0.500. The highest BCUT2D eigenvalue weighted by Crippen LogP contribution is 2.28. The van der Waals surface area contributed by atoms with Gasteiger partial charge in [-0.1, -0.05) is 36.4 Å². The Morgan fingerprint density at radius 2 is 1.77 bits per heavy atom. The van der Waals surface area contributed by atoms with Crippen molar-refractivity contribution in [2.24, 2.45) is 0 Å². The van der Waals surface area contributed by atoms with Crippen LogP contribution in [-0.2, 0) is 0 Å². The average molecular weight is 399 g/mol. The molecule has 0 spiro atoms. The molecule has 2 aromatic carbocycles. The fourth-order valence-corrected chi connectivity index (χ4v) is 3.40. The number of aryl methyl sites for hydroxylation is 2. The summed E-state index contributed by atoms with van der Waals surface area (Å²) in [6.07, 6.45) is 3.16. The topological polar surface area (TPSA) is 88.4 Å². The lowest BCUT2D eigenvalue weighted by Gasteiger charge is -2.12. The van der Waals surface area contributed by atoms with Crippen molar-refractivity contribution in [2.75, 3.05) is 12.4 Å². The van der Waals surface area contributed by atoms with Crippen molar-refractivity contribution < 1.29 is 9.59 Å². The van der Waals surface area contributed by atoms with E-state index in [0.29, 0.717) is 28.0 Å². The predicted molar refractivity (Wildman–Crippen MR) is 115 cm³/mol. The third-order valence-corrected chi connectivity index (χ3v) is 5.09. The third-order valence-electron chi connectivity index (χ3n) is 5.09. The molecular formula is C23H21N5O2. The summed E-state index contributed by atoms with van der Waals surface area (Å²) in [6, 6.07) is 14.6. The molecule has 0 bridgehead atoms. The zero-order valence-corrected chi connectivity index (χ0v) is 16.9. The zero-order chi connectivity index (χ0) is 21.3. The Morgan fingerprint density at radius 1 is 1.00 bits per heavy atom. The number of anilines is 2. The van der Waals surface area contributed by atoms with Gasteiger partial charge in [-0.3, -0.25) is 9.59 Å². The van der Waals surface area contributed by atoms with Crippen LogP contribution in [0.1, 0.15) is 37.4 Å². The van der Waals surface area contributed by atoms with E-state index >= 15 is 0 Å². The van der Waals surface area contributed by atoms with E-state index < -0.39 is 0 Å². The number of nitrogens with zero attached hydrogens (tertiary/aromatic N) is 3. The summed E-state index contributed by atoms with van der Waals surface area (Å²) in [4.78, 5) is 29.4. The first-order valence-electron chi connectivity index (χ1n) is 9.52. The van der Waals surface area contributed by atoms with Crippen molar-refractivity contribution >= 4 is 28.7 Å². The molecule has 0 saturated carbocycles. The van der Waals surface area contributed by atoms with Gasteiger partial charge in [0.25, 0.3) is 5.91 Å². The van der Waals surface area contributed by atoms with Gasteiger partial charge >= 0.3 is 0 Å². The molecule has 0 aliphatic carbocycles. The first-order valence-corrected chi connectivity index (χ1v) is 9.52. The third kappa shape index (κ3) is 3.41. The van der Waals surface area contributed by atoms with E-state index in [0.717, 1.165) is 16.8 Å². The maximum absolute atomic E-state index is 13.0. The molecule has 0 aliphatic heterocycles. The number of rotatable bonds is 5. The standard InChI is InChI=1S/C23H21N5O2/c1-14-9-10-17(23(30)24-3)11-19(14)27-22-20-15(2)18(12-28(20)26-13-25-22)21(29)16-7-5-4-6-8-16/h4-13H,1-3H3,(H,24,30)(H,25,26,27). The minimum atomic E-state index is -0.166. The van der Waals surface area contributed by atoms with Crippen LogP contribution in [0.25, 0.3) is 5.52 Å². The van der Waals surface area contributed by atoms with Crippen LogP contribution in [0, 0.1) is 13.8 Å². The fraction of sp³-hybridized carbons (Fsp3) is 0.130. The largest absolute Gasteiger partial charge is 0.355 e. The van der Waals surface area contributed by atoms with E-state index in [1.54, 1.807) is 42.0 Å². The molecule has 2 heterocycles. The second kappa shape index (κ2) is 7.79. The number of hydrogen-bond donors (Lipinski definition) is 2. The fourth-order valence-electron chi connectivity index (χ4n) is 3.40. The highest BCUT2D eigenvalue weighted by atomic mass is 16.1. The number of aromatic nitrogens is 3. The average Bonchev–Trinajstić information content (AvgIpc) is 3.12. The number of carbonyl (C=O) groups is 2. The molecule has 2 aromatic heterocycles. The highest BCUT2D eigenvalue weighted by molar-refractivity contribution is 6.11. The minimum absolute atomic E-state index is 0.0673. The van der Waals surface area contributed by atoms with Crippen LogP contribution in [-0.4, -0.2) is 33.3 Å². The molecular weight excluding hydrogens is 378 g/mol. The summed E-state index contributed by atoms with van der Waals surface area (Å²) in [7, 11) is 1.60. The Morgan fingerprint density at radius 3 is 2.50 bits per heavy atom. The molecule has 0 saturated heterocycles. The first-order chi connectivity index (χ1) is 14.5. The summed E-state index contributed by atoms with van der Waals surface area (Å²) >= 11 is 0. The smallest absolute Gasteiger partial charge is 0.251 e.